The van der Waals surface area contributed by atoms with Crippen LogP contribution in [0.3, 0.4) is 0 Å². The lowest BCUT2D eigenvalue weighted by Gasteiger charge is -2.27. The molecule has 4 aromatic rings. The minimum Gasteiger partial charge on any atom is -0.358 e. The number of hydrogen-bond donors (Lipinski definition) is 2. The molecule has 1 aliphatic heterocycles. The molecule has 2 N–H and O–H groups in total. The van der Waals surface area contributed by atoms with E-state index in [1.165, 1.54) is 39.0 Å². The average molecular weight is 342 g/mol. The number of nitrogens with one attached hydrogen (secondary N) is 2. The Bertz CT molecular complexity index is 1060. The highest BCUT2D eigenvalue weighted by Crippen LogP contribution is 2.35. The van der Waals surface area contributed by atoms with Crippen molar-refractivity contribution in [3.05, 3.63) is 77.1 Å². The van der Waals surface area contributed by atoms with Crippen molar-refractivity contribution < 1.29 is 0 Å². The van der Waals surface area contributed by atoms with Crippen LogP contribution in [0.15, 0.2) is 54.6 Å². The molecule has 1 aliphatic rings. The van der Waals surface area contributed by atoms with Crippen molar-refractivity contribution in [2.75, 3.05) is 6.54 Å². The Balaban J connectivity index is 1.52. The van der Waals surface area contributed by atoms with Gasteiger partial charge in [0.25, 0.3) is 0 Å². The molecule has 0 bridgehead atoms. The Hall–Kier alpha value is -2.85. The Labute approximate surface area is 152 Å². The fourth-order valence-corrected chi connectivity index (χ4v) is 4.12. The molecule has 0 amide bonds. The molecule has 130 valence electrons. The second kappa shape index (κ2) is 6.15. The second-order valence-electron chi connectivity index (χ2n) is 7.15. The maximum atomic E-state index is 4.72. The summed E-state index contributed by atoms with van der Waals surface area (Å²) in [6.07, 6.45) is 1.02. The number of benzene rings is 2. The molecule has 2 aromatic carbocycles. The van der Waals surface area contributed by atoms with Gasteiger partial charge in [-0.05, 0) is 18.6 Å². The molecular weight excluding hydrogens is 320 g/mol. The zero-order valence-electron chi connectivity index (χ0n) is 14.9. The summed E-state index contributed by atoms with van der Waals surface area (Å²) in [5, 5.41) is 9.27. The minimum absolute atomic E-state index is 0.939. The van der Waals surface area contributed by atoms with E-state index in [0.29, 0.717) is 0 Å². The van der Waals surface area contributed by atoms with Crippen molar-refractivity contribution in [1.29, 1.82) is 0 Å². The van der Waals surface area contributed by atoms with E-state index in [0.717, 1.165) is 31.7 Å². The van der Waals surface area contributed by atoms with Crippen LogP contribution in [0.1, 0.15) is 22.5 Å². The maximum Gasteiger partial charge on any atom is 0.0992 e. The first kappa shape index (κ1) is 15.4. The molecule has 0 fully saturated rings. The van der Waals surface area contributed by atoms with E-state index in [9.17, 15) is 0 Å². The van der Waals surface area contributed by atoms with Crippen molar-refractivity contribution in [2.45, 2.75) is 26.4 Å². The van der Waals surface area contributed by atoms with Crippen LogP contribution in [0, 0.1) is 6.92 Å². The Morgan fingerprint density at radius 1 is 1.04 bits per heavy atom. The number of para-hydroxylation sites is 1. The zero-order valence-corrected chi connectivity index (χ0v) is 14.9. The molecule has 0 spiro atoms. The summed E-state index contributed by atoms with van der Waals surface area (Å²) >= 11 is 0. The van der Waals surface area contributed by atoms with E-state index in [1.54, 1.807) is 0 Å². The van der Waals surface area contributed by atoms with Crippen LogP contribution in [0.25, 0.3) is 22.2 Å². The van der Waals surface area contributed by atoms with Crippen LogP contribution < -0.4 is 0 Å². The van der Waals surface area contributed by atoms with E-state index in [-0.39, 0.29) is 0 Å². The number of H-pyrrole nitrogens is 2. The van der Waals surface area contributed by atoms with Gasteiger partial charge in [-0.3, -0.25) is 10.00 Å². The first-order valence-electron chi connectivity index (χ1n) is 9.19. The molecule has 26 heavy (non-hydrogen) atoms. The molecule has 0 saturated carbocycles. The molecule has 4 heteroatoms. The first-order chi connectivity index (χ1) is 12.8. The van der Waals surface area contributed by atoms with Crippen LogP contribution in [-0.4, -0.2) is 26.6 Å². The Morgan fingerprint density at radius 2 is 1.85 bits per heavy atom. The summed E-state index contributed by atoms with van der Waals surface area (Å²) < 4.78 is 0. The molecule has 0 radical (unpaired) electrons. The number of aromatic nitrogens is 3. The van der Waals surface area contributed by atoms with Crippen molar-refractivity contribution in [3.63, 3.8) is 0 Å². The highest BCUT2D eigenvalue weighted by Gasteiger charge is 2.25. The summed E-state index contributed by atoms with van der Waals surface area (Å²) in [5.74, 6) is 0. The quantitative estimate of drug-likeness (QED) is 0.579. The highest BCUT2D eigenvalue weighted by molar-refractivity contribution is 5.97. The number of fused-ring (bicyclic) bond motifs is 2. The van der Waals surface area contributed by atoms with E-state index in [1.807, 2.05) is 0 Å². The van der Waals surface area contributed by atoms with Gasteiger partial charge in [0.15, 0.2) is 0 Å². The average Bonchev–Trinajstić information content (AvgIpc) is 3.22. The van der Waals surface area contributed by atoms with Crippen molar-refractivity contribution >= 4 is 10.9 Å². The lowest BCUT2D eigenvalue weighted by atomic mass is 9.98. The highest BCUT2D eigenvalue weighted by atomic mass is 15.2. The normalized spacial score (nSPS) is 14.7. The van der Waals surface area contributed by atoms with Gasteiger partial charge in [0.05, 0.1) is 5.69 Å². The van der Waals surface area contributed by atoms with Gasteiger partial charge in [0, 0.05) is 59.5 Å². The number of aromatic amines is 2. The minimum atomic E-state index is 0.939. The van der Waals surface area contributed by atoms with Crippen LogP contribution in [0.2, 0.25) is 0 Å². The molecule has 0 unspecified atom stereocenters. The van der Waals surface area contributed by atoms with Crippen LogP contribution in [-0.2, 0) is 19.5 Å². The van der Waals surface area contributed by atoms with Gasteiger partial charge >= 0.3 is 0 Å². The lowest BCUT2D eigenvalue weighted by Crippen LogP contribution is -2.29. The van der Waals surface area contributed by atoms with Gasteiger partial charge < -0.3 is 4.98 Å². The topological polar surface area (TPSA) is 47.7 Å². The largest absolute Gasteiger partial charge is 0.358 e. The predicted octanol–water partition coefficient (Wildman–Crippen LogP) is 4.42. The first-order valence-corrected chi connectivity index (χ1v) is 9.19. The monoisotopic (exact) mass is 342 g/mol. The van der Waals surface area contributed by atoms with Gasteiger partial charge in [0.2, 0.25) is 0 Å². The van der Waals surface area contributed by atoms with Gasteiger partial charge in [0.1, 0.15) is 0 Å². The lowest BCUT2D eigenvalue weighted by molar-refractivity contribution is 0.245. The van der Waals surface area contributed by atoms with E-state index in [4.69, 9.17) is 5.10 Å². The third kappa shape index (κ3) is 2.54. The molecule has 3 heterocycles. The van der Waals surface area contributed by atoms with Crippen LogP contribution >= 0.6 is 0 Å². The van der Waals surface area contributed by atoms with Gasteiger partial charge in [-0.1, -0.05) is 48.5 Å². The molecular formula is C22H22N4. The molecule has 5 rings (SSSR count). The Morgan fingerprint density at radius 3 is 2.73 bits per heavy atom. The van der Waals surface area contributed by atoms with Crippen molar-refractivity contribution in [1.82, 2.24) is 20.1 Å². The van der Waals surface area contributed by atoms with Gasteiger partial charge in [-0.15, -0.1) is 0 Å². The smallest absolute Gasteiger partial charge is 0.0992 e. The molecule has 0 atom stereocenters. The van der Waals surface area contributed by atoms with Crippen molar-refractivity contribution in [3.8, 4) is 11.3 Å². The summed E-state index contributed by atoms with van der Waals surface area (Å²) in [7, 11) is 0. The summed E-state index contributed by atoms with van der Waals surface area (Å²) in [4.78, 5) is 6.02. The Kier molecular flexibility index (Phi) is 3.64. The standard InChI is InChI=1S/C22H22N4/c1-15-21(17-9-5-6-10-19(17)23-15)22-18-14-26(12-11-20(18)24-25-22)13-16-7-3-2-4-8-16/h2-10,23H,11-14H2,1H3,(H,24,25). The summed E-state index contributed by atoms with van der Waals surface area (Å²) in [6.45, 7) is 5.13. The fraction of sp³-hybridized carbons (Fsp3) is 0.227. The number of aryl methyl sites for hydroxylation is 1. The third-order valence-corrected chi connectivity index (χ3v) is 5.39. The summed E-state index contributed by atoms with van der Waals surface area (Å²) in [6, 6.07) is 19.2. The van der Waals surface area contributed by atoms with E-state index >= 15 is 0 Å². The van der Waals surface area contributed by atoms with Crippen LogP contribution in [0.5, 0.6) is 0 Å². The zero-order chi connectivity index (χ0) is 17.5. The summed E-state index contributed by atoms with van der Waals surface area (Å²) in [5.41, 5.74) is 8.69. The predicted molar refractivity (Wildman–Crippen MR) is 105 cm³/mol. The van der Waals surface area contributed by atoms with E-state index < -0.39 is 0 Å². The maximum absolute atomic E-state index is 4.72. The SMILES string of the molecule is Cc1[nH]c2ccccc2c1-c1n[nH]c2c1CN(Cc1ccccc1)CC2. The number of hydrogen-bond acceptors (Lipinski definition) is 2. The molecule has 2 aromatic heterocycles. The molecule has 0 aliphatic carbocycles. The fourth-order valence-electron chi connectivity index (χ4n) is 4.12. The van der Waals surface area contributed by atoms with Gasteiger partial charge in [-0.25, -0.2) is 0 Å². The molecule has 4 nitrogen and oxygen atoms in total. The van der Waals surface area contributed by atoms with Gasteiger partial charge in [-0.2, -0.15) is 5.10 Å². The third-order valence-electron chi connectivity index (χ3n) is 5.39. The van der Waals surface area contributed by atoms with Crippen molar-refractivity contribution in [2.24, 2.45) is 0 Å². The molecule has 0 saturated heterocycles. The van der Waals surface area contributed by atoms with Crippen LogP contribution in [0.4, 0.5) is 0 Å². The number of nitrogens with zero attached hydrogens (tertiary/aromatic N) is 2. The van der Waals surface area contributed by atoms with E-state index in [2.05, 4.69) is 76.5 Å². The second-order valence-corrected chi connectivity index (χ2v) is 7.15. The number of rotatable bonds is 3.